The molecule has 6 heteroatoms. The van der Waals surface area contributed by atoms with Gasteiger partial charge in [0.2, 0.25) is 5.91 Å². The van der Waals surface area contributed by atoms with E-state index in [0.717, 1.165) is 18.5 Å². The standard InChI is InChI=1S/C16H17FN4O/c17-13-4-2-12(3-5-13)11-21-9-1-6-16(21,15(18)22)14-10-19-7-8-20-14/h2-5,7-8,10H,1,6,9,11H2,(H2,18,22)/t16-/m1/s1. The first kappa shape index (κ1) is 14.6. The molecule has 0 radical (unpaired) electrons. The number of likely N-dealkylation sites (tertiary alicyclic amines) is 1. The lowest BCUT2D eigenvalue weighted by Crippen LogP contribution is -2.51. The van der Waals surface area contributed by atoms with Crippen LogP contribution in [0, 0.1) is 5.82 Å². The number of carbonyl (C=O) groups is 1. The fourth-order valence-corrected chi connectivity index (χ4v) is 3.11. The fraction of sp³-hybridized carbons (Fsp3) is 0.312. The maximum Gasteiger partial charge on any atom is 0.244 e. The molecule has 114 valence electrons. The number of hydrogen-bond acceptors (Lipinski definition) is 4. The molecule has 1 aromatic heterocycles. The zero-order chi connectivity index (χ0) is 15.6. The number of aromatic nitrogens is 2. The Morgan fingerprint density at radius 1 is 1.32 bits per heavy atom. The molecule has 1 saturated heterocycles. The van der Waals surface area contributed by atoms with E-state index in [1.54, 1.807) is 30.7 Å². The highest BCUT2D eigenvalue weighted by atomic mass is 19.1. The van der Waals surface area contributed by atoms with Crippen LogP contribution in [0.3, 0.4) is 0 Å². The van der Waals surface area contributed by atoms with Crippen molar-refractivity contribution >= 4 is 5.91 Å². The van der Waals surface area contributed by atoms with Crippen LogP contribution >= 0.6 is 0 Å². The van der Waals surface area contributed by atoms with Crippen LogP contribution in [-0.2, 0) is 16.9 Å². The monoisotopic (exact) mass is 300 g/mol. The number of hydrogen-bond donors (Lipinski definition) is 1. The summed E-state index contributed by atoms with van der Waals surface area (Å²) in [6.45, 7) is 1.25. The highest BCUT2D eigenvalue weighted by Gasteiger charge is 2.48. The molecule has 5 nitrogen and oxygen atoms in total. The molecule has 0 bridgehead atoms. The molecule has 1 aromatic carbocycles. The van der Waals surface area contributed by atoms with E-state index >= 15 is 0 Å². The van der Waals surface area contributed by atoms with Crippen molar-refractivity contribution in [1.82, 2.24) is 14.9 Å². The minimum Gasteiger partial charge on any atom is -0.368 e. The van der Waals surface area contributed by atoms with Gasteiger partial charge in [-0.3, -0.25) is 19.7 Å². The second-order valence-electron chi connectivity index (χ2n) is 5.47. The van der Waals surface area contributed by atoms with Crippen LogP contribution in [0.5, 0.6) is 0 Å². The summed E-state index contributed by atoms with van der Waals surface area (Å²) in [5.74, 6) is -0.701. The Morgan fingerprint density at radius 2 is 2.09 bits per heavy atom. The quantitative estimate of drug-likeness (QED) is 0.930. The molecule has 0 aliphatic carbocycles. The van der Waals surface area contributed by atoms with Gasteiger partial charge in [-0.25, -0.2) is 4.39 Å². The number of benzene rings is 1. The molecule has 0 spiro atoms. The van der Waals surface area contributed by atoms with Crippen molar-refractivity contribution in [3.63, 3.8) is 0 Å². The van der Waals surface area contributed by atoms with E-state index in [4.69, 9.17) is 5.73 Å². The van der Waals surface area contributed by atoms with Crippen molar-refractivity contribution in [2.24, 2.45) is 5.73 Å². The minimum atomic E-state index is -0.942. The lowest BCUT2D eigenvalue weighted by molar-refractivity contribution is -0.129. The summed E-state index contributed by atoms with van der Waals surface area (Å²) >= 11 is 0. The zero-order valence-corrected chi connectivity index (χ0v) is 12.1. The van der Waals surface area contributed by atoms with E-state index in [9.17, 15) is 9.18 Å². The summed E-state index contributed by atoms with van der Waals surface area (Å²) in [5, 5.41) is 0. The number of nitrogens with zero attached hydrogens (tertiary/aromatic N) is 3. The third kappa shape index (κ3) is 2.46. The maximum absolute atomic E-state index is 13.0. The Balaban J connectivity index is 1.95. The predicted octanol–water partition coefficient (Wildman–Crippen LogP) is 1.59. The van der Waals surface area contributed by atoms with Crippen LogP contribution in [0.4, 0.5) is 4.39 Å². The van der Waals surface area contributed by atoms with E-state index in [1.807, 2.05) is 4.90 Å². The van der Waals surface area contributed by atoms with Gasteiger partial charge in [-0.2, -0.15) is 0 Å². The molecule has 2 N–H and O–H groups in total. The second-order valence-corrected chi connectivity index (χ2v) is 5.47. The van der Waals surface area contributed by atoms with Crippen LogP contribution in [0.25, 0.3) is 0 Å². The first-order valence-corrected chi connectivity index (χ1v) is 7.19. The number of primary amides is 1. The molecular formula is C16H17FN4O. The average molecular weight is 300 g/mol. The molecule has 1 aliphatic heterocycles. The Kier molecular flexibility index (Phi) is 3.85. The highest BCUT2D eigenvalue weighted by Crippen LogP contribution is 2.38. The normalized spacial score (nSPS) is 21.9. The lowest BCUT2D eigenvalue weighted by Gasteiger charge is -2.35. The molecular weight excluding hydrogens is 283 g/mol. The number of nitrogens with two attached hydrogens (primary N) is 1. The van der Waals surface area contributed by atoms with Gasteiger partial charge in [0.25, 0.3) is 0 Å². The zero-order valence-electron chi connectivity index (χ0n) is 12.1. The first-order valence-electron chi connectivity index (χ1n) is 7.19. The van der Waals surface area contributed by atoms with Crippen LogP contribution in [0.1, 0.15) is 24.1 Å². The lowest BCUT2D eigenvalue weighted by atomic mass is 9.91. The van der Waals surface area contributed by atoms with Gasteiger partial charge in [0.1, 0.15) is 11.4 Å². The van der Waals surface area contributed by atoms with Crippen molar-refractivity contribution < 1.29 is 9.18 Å². The largest absolute Gasteiger partial charge is 0.368 e. The third-order valence-corrected chi connectivity index (χ3v) is 4.19. The molecule has 1 atom stereocenters. The SMILES string of the molecule is NC(=O)[C@]1(c2cnccn2)CCCN1Cc1ccc(F)cc1. The third-order valence-electron chi connectivity index (χ3n) is 4.19. The van der Waals surface area contributed by atoms with Crippen LogP contribution in [0.2, 0.25) is 0 Å². The number of halogens is 1. The van der Waals surface area contributed by atoms with Gasteiger partial charge >= 0.3 is 0 Å². The van der Waals surface area contributed by atoms with Crippen molar-refractivity contribution in [3.05, 3.63) is 59.9 Å². The second kappa shape index (κ2) is 5.81. The topological polar surface area (TPSA) is 72.1 Å². The molecule has 2 aromatic rings. The van der Waals surface area contributed by atoms with Crippen LogP contribution in [0.15, 0.2) is 42.9 Å². The van der Waals surface area contributed by atoms with E-state index in [-0.39, 0.29) is 5.82 Å². The summed E-state index contributed by atoms with van der Waals surface area (Å²) < 4.78 is 13.0. The molecule has 1 fully saturated rings. The van der Waals surface area contributed by atoms with Gasteiger partial charge in [-0.1, -0.05) is 12.1 Å². The van der Waals surface area contributed by atoms with Gasteiger partial charge in [0.05, 0.1) is 11.9 Å². The van der Waals surface area contributed by atoms with E-state index in [2.05, 4.69) is 9.97 Å². The number of amides is 1. The molecule has 1 amide bonds. The van der Waals surface area contributed by atoms with Gasteiger partial charge in [0.15, 0.2) is 0 Å². The number of carbonyl (C=O) groups excluding carboxylic acids is 1. The van der Waals surface area contributed by atoms with Gasteiger partial charge in [0, 0.05) is 18.9 Å². The molecule has 1 aliphatic rings. The van der Waals surface area contributed by atoms with Crippen LogP contribution < -0.4 is 5.73 Å². The highest BCUT2D eigenvalue weighted by molar-refractivity contribution is 5.86. The summed E-state index contributed by atoms with van der Waals surface area (Å²) in [6, 6.07) is 6.27. The Labute approximate surface area is 128 Å². The molecule has 0 saturated carbocycles. The molecule has 0 unspecified atom stereocenters. The minimum absolute atomic E-state index is 0.278. The Bertz CT molecular complexity index is 662. The van der Waals surface area contributed by atoms with Crippen LogP contribution in [-0.4, -0.2) is 27.3 Å². The Morgan fingerprint density at radius 3 is 2.73 bits per heavy atom. The predicted molar refractivity (Wildman–Crippen MR) is 78.9 cm³/mol. The maximum atomic E-state index is 13.0. The van der Waals surface area contributed by atoms with Gasteiger partial charge in [-0.05, 0) is 37.1 Å². The van der Waals surface area contributed by atoms with Crippen molar-refractivity contribution in [1.29, 1.82) is 0 Å². The smallest absolute Gasteiger partial charge is 0.244 e. The fourth-order valence-electron chi connectivity index (χ4n) is 3.11. The number of rotatable bonds is 4. The summed E-state index contributed by atoms with van der Waals surface area (Å²) in [5.41, 5.74) is 6.28. The molecule has 2 heterocycles. The van der Waals surface area contributed by atoms with E-state index in [0.29, 0.717) is 18.7 Å². The first-order chi connectivity index (χ1) is 10.6. The van der Waals surface area contributed by atoms with Crippen molar-refractivity contribution in [3.8, 4) is 0 Å². The van der Waals surface area contributed by atoms with Gasteiger partial charge in [-0.15, -0.1) is 0 Å². The van der Waals surface area contributed by atoms with Crippen molar-refractivity contribution in [2.75, 3.05) is 6.54 Å². The Hall–Kier alpha value is -2.34. The van der Waals surface area contributed by atoms with Crippen molar-refractivity contribution in [2.45, 2.75) is 24.9 Å². The molecule has 3 rings (SSSR count). The summed E-state index contributed by atoms with van der Waals surface area (Å²) in [6.07, 6.45) is 6.18. The molecule has 22 heavy (non-hydrogen) atoms. The van der Waals surface area contributed by atoms with E-state index in [1.165, 1.54) is 12.1 Å². The average Bonchev–Trinajstić information content (AvgIpc) is 2.95. The summed E-state index contributed by atoms with van der Waals surface area (Å²) in [4.78, 5) is 22.6. The van der Waals surface area contributed by atoms with Gasteiger partial charge < -0.3 is 5.73 Å². The van der Waals surface area contributed by atoms with E-state index < -0.39 is 11.4 Å². The summed E-state index contributed by atoms with van der Waals surface area (Å²) in [7, 11) is 0.